The average molecular weight is 402 g/mol. The van der Waals surface area contributed by atoms with Crippen LogP contribution in [0.25, 0.3) is 11.5 Å². The summed E-state index contributed by atoms with van der Waals surface area (Å²) in [7, 11) is 0. The van der Waals surface area contributed by atoms with Gasteiger partial charge in [-0.05, 0) is 54.8 Å². The van der Waals surface area contributed by atoms with Gasteiger partial charge in [0.1, 0.15) is 0 Å². The molecule has 1 atom stereocenters. The molecule has 27 heavy (non-hydrogen) atoms. The van der Waals surface area contributed by atoms with E-state index >= 15 is 0 Å². The monoisotopic (exact) mass is 401 g/mol. The van der Waals surface area contributed by atoms with E-state index in [-0.39, 0.29) is 11.2 Å². The molecule has 3 aromatic rings. The first-order valence-electron chi connectivity index (χ1n) is 8.59. The van der Waals surface area contributed by atoms with E-state index in [1.54, 1.807) is 31.2 Å². The predicted octanol–water partition coefficient (Wildman–Crippen LogP) is 5.63. The molecule has 0 aliphatic rings. The molecule has 0 aliphatic carbocycles. The lowest BCUT2D eigenvalue weighted by Crippen LogP contribution is -2.22. The topological polar surface area (TPSA) is 68.0 Å². The number of aromatic nitrogens is 2. The second-order valence-electron chi connectivity index (χ2n) is 6.41. The third-order valence-electron chi connectivity index (χ3n) is 3.99. The fourth-order valence-electron chi connectivity index (χ4n) is 2.37. The molecule has 0 aliphatic heterocycles. The second-order valence-corrected chi connectivity index (χ2v) is 8.13. The lowest BCUT2D eigenvalue weighted by Gasteiger charge is -2.11. The molecule has 0 radical (unpaired) electrons. The van der Waals surface area contributed by atoms with Crippen molar-refractivity contribution >= 4 is 35.0 Å². The van der Waals surface area contributed by atoms with E-state index in [4.69, 9.17) is 16.0 Å². The highest BCUT2D eigenvalue weighted by molar-refractivity contribution is 8.00. The van der Waals surface area contributed by atoms with Crippen LogP contribution in [0.2, 0.25) is 5.02 Å². The number of amides is 1. The van der Waals surface area contributed by atoms with E-state index < -0.39 is 0 Å². The van der Waals surface area contributed by atoms with Crippen LogP contribution < -0.4 is 5.32 Å². The Hall–Kier alpha value is -2.31. The summed E-state index contributed by atoms with van der Waals surface area (Å²) in [6.07, 6.45) is 0. The van der Waals surface area contributed by atoms with Crippen LogP contribution in [0.15, 0.2) is 58.2 Å². The van der Waals surface area contributed by atoms with Crippen LogP contribution in [0, 0.1) is 0 Å². The Morgan fingerprint density at radius 3 is 2.33 bits per heavy atom. The van der Waals surface area contributed by atoms with E-state index in [2.05, 4.69) is 29.4 Å². The van der Waals surface area contributed by atoms with Gasteiger partial charge < -0.3 is 9.73 Å². The number of thioether (sulfide) groups is 1. The maximum Gasteiger partial charge on any atom is 0.277 e. The highest BCUT2D eigenvalue weighted by atomic mass is 35.5. The maximum absolute atomic E-state index is 12.4. The molecule has 7 heteroatoms. The fourth-order valence-corrected chi connectivity index (χ4v) is 3.18. The maximum atomic E-state index is 12.4. The minimum Gasteiger partial charge on any atom is -0.411 e. The second kappa shape index (κ2) is 8.59. The van der Waals surface area contributed by atoms with Crippen LogP contribution in [0.4, 0.5) is 5.69 Å². The summed E-state index contributed by atoms with van der Waals surface area (Å²) < 4.78 is 5.64. The Labute approximate surface area is 167 Å². The molecule has 0 fully saturated rings. The average Bonchev–Trinajstić information content (AvgIpc) is 3.11. The first kappa shape index (κ1) is 19.5. The zero-order chi connectivity index (χ0) is 19.4. The van der Waals surface area contributed by atoms with Crippen molar-refractivity contribution in [1.82, 2.24) is 10.2 Å². The number of hydrogen-bond acceptors (Lipinski definition) is 5. The molecule has 0 spiro atoms. The molecule has 1 N–H and O–H groups in total. The Bertz CT molecular complexity index is 908. The summed E-state index contributed by atoms with van der Waals surface area (Å²) in [4.78, 5) is 12.4. The summed E-state index contributed by atoms with van der Waals surface area (Å²) in [5.41, 5.74) is 2.78. The van der Waals surface area contributed by atoms with Crippen molar-refractivity contribution in [1.29, 1.82) is 0 Å². The van der Waals surface area contributed by atoms with Gasteiger partial charge in [0.15, 0.2) is 0 Å². The van der Waals surface area contributed by atoms with Crippen LogP contribution in [-0.4, -0.2) is 21.4 Å². The van der Waals surface area contributed by atoms with Gasteiger partial charge >= 0.3 is 0 Å². The van der Waals surface area contributed by atoms with Crippen LogP contribution in [0.1, 0.15) is 32.3 Å². The normalized spacial score (nSPS) is 12.2. The van der Waals surface area contributed by atoms with E-state index in [0.29, 0.717) is 22.1 Å². The highest BCUT2D eigenvalue weighted by Gasteiger charge is 2.19. The first-order chi connectivity index (χ1) is 12.9. The van der Waals surface area contributed by atoms with Crippen LogP contribution >= 0.6 is 23.4 Å². The summed E-state index contributed by atoms with van der Waals surface area (Å²) in [6.45, 7) is 6.07. The van der Waals surface area contributed by atoms with Gasteiger partial charge in [-0.15, -0.1) is 10.2 Å². The van der Waals surface area contributed by atoms with Gasteiger partial charge in [-0.2, -0.15) is 0 Å². The molecular weight excluding hydrogens is 382 g/mol. The Morgan fingerprint density at radius 2 is 1.70 bits per heavy atom. The molecule has 140 valence electrons. The number of rotatable bonds is 6. The molecule has 3 rings (SSSR count). The molecule has 5 nitrogen and oxygen atoms in total. The van der Waals surface area contributed by atoms with Crippen molar-refractivity contribution < 1.29 is 9.21 Å². The predicted molar refractivity (Wildman–Crippen MR) is 109 cm³/mol. The number of halogens is 1. The smallest absolute Gasteiger partial charge is 0.277 e. The fraction of sp³-hybridized carbons (Fsp3) is 0.250. The lowest BCUT2D eigenvalue weighted by atomic mass is 10.0. The van der Waals surface area contributed by atoms with Gasteiger partial charge in [0.2, 0.25) is 11.8 Å². The number of anilines is 1. The molecule has 2 aromatic carbocycles. The Morgan fingerprint density at radius 1 is 1.04 bits per heavy atom. The van der Waals surface area contributed by atoms with Crippen molar-refractivity contribution in [2.45, 2.75) is 37.2 Å². The third kappa shape index (κ3) is 5.11. The number of nitrogens with zero attached hydrogens (tertiary/aromatic N) is 2. The van der Waals surface area contributed by atoms with Crippen molar-refractivity contribution in [3.8, 4) is 11.5 Å². The molecule has 0 saturated heterocycles. The minimum atomic E-state index is -0.381. The summed E-state index contributed by atoms with van der Waals surface area (Å²) >= 11 is 7.10. The number of benzene rings is 2. The molecule has 1 aromatic heterocycles. The first-order valence-corrected chi connectivity index (χ1v) is 9.85. The molecule has 1 amide bonds. The van der Waals surface area contributed by atoms with E-state index in [9.17, 15) is 4.79 Å². The molecule has 0 bridgehead atoms. The number of hydrogen-bond donors (Lipinski definition) is 1. The van der Waals surface area contributed by atoms with Crippen LogP contribution in [0.5, 0.6) is 0 Å². The van der Waals surface area contributed by atoms with Gasteiger partial charge in [-0.25, -0.2) is 0 Å². The van der Waals surface area contributed by atoms with Crippen molar-refractivity contribution in [2.24, 2.45) is 0 Å². The van der Waals surface area contributed by atoms with E-state index in [1.807, 2.05) is 24.3 Å². The molecular formula is C20H20ClN3O2S. The summed E-state index contributed by atoms with van der Waals surface area (Å²) in [5, 5.41) is 11.5. The number of carbonyl (C=O) groups excluding carboxylic acids is 1. The number of nitrogens with one attached hydrogen (secondary N) is 1. The quantitative estimate of drug-likeness (QED) is 0.542. The van der Waals surface area contributed by atoms with E-state index in [1.165, 1.54) is 17.3 Å². The lowest BCUT2D eigenvalue weighted by molar-refractivity contribution is -0.115. The number of carbonyl (C=O) groups is 1. The van der Waals surface area contributed by atoms with E-state index in [0.717, 1.165) is 11.3 Å². The Kier molecular flexibility index (Phi) is 6.19. The van der Waals surface area contributed by atoms with Crippen molar-refractivity contribution in [3.05, 3.63) is 59.1 Å². The molecule has 1 heterocycles. The zero-order valence-electron chi connectivity index (χ0n) is 15.3. The molecule has 0 unspecified atom stereocenters. The van der Waals surface area contributed by atoms with Crippen molar-refractivity contribution in [3.63, 3.8) is 0 Å². The highest BCUT2D eigenvalue weighted by Crippen LogP contribution is 2.27. The SMILES string of the molecule is CC(C)c1ccc(NC(=O)[C@@H](C)Sc2nnc(-c3ccc(Cl)cc3)o2)cc1. The van der Waals surface area contributed by atoms with Gasteiger partial charge in [0.25, 0.3) is 5.22 Å². The molecule has 0 saturated carbocycles. The standard InChI is InChI=1S/C20H20ClN3O2S/c1-12(2)14-6-10-17(11-7-14)22-18(25)13(3)27-20-24-23-19(26-20)15-4-8-16(21)9-5-15/h4-13H,1-3H3,(H,22,25)/t13-/m1/s1. The largest absolute Gasteiger partial charge is 0.411 e. The zero-order valence-corrected chi connectivity index (χ0v) is 16.8. The summed E-state index contributed by atoms with van der Waals surface area (Å²) in [6, 6.07) is 15.0. The van der Waals surface area contributed by atoms with Crippen molar-refractivity contribution in [2.75, 3.05) is 5.32 Å². The van der Waals surface area contributed by atoms with Gasteiger partial charge in [-0.1, -0.05) is 49.3 Å². The minimum absolute atomic E-state index is 0.122. The Balaban J connectivity index is 1.60. The van der Waals surface area contributed by atoms with Gasteiger partial charge in [-0.3, -0.25) is 4.79 Å². The third-order valence-corrected chi connectivity index (χ3v) is 5.18. The van der Waals surface area contributed by atoms with Crippen LogP contribution in [-0.2, 0) is 4.79 Å². The summed E-state index contributed by atoms with van der Waals surface area (Å²) in [5.74, 6) is 0.728. The van der Waals surface area contributed by atoms with Crippen LogP contribution in [0.3, 0.4) is 0 Å². The van der Waals surface area contributed by atoms with Gasteiger partial charge in [0.05, 0.1) is 5.25 Å². The van der Waals surface area contributed by atoms with Gasteiger partial charge in [0, 0.05) is 16.3 Å².